The lowest BCUT2D eigenvalue weighted by Crippen LogP contribution is -2.48. The predicted molar refractivity (Wildman–Crippen MR) is 98.6 cm³/mol. The fourth-order valence-corrected chi connectivity index (χ4v) is 3.60. The summed E-state index contributed by atoms with van der Waals surface area (Å²) in [5.74, 6) is -0.784. The summed E-state index contributed by atoms with van der Waals surface area (Å²) >= 11 is 0. The van der Waals surface area contributed by atoms with Gasteiger partial charge in [-0.3, -0.25) is 9.59 Å². The van der Waals surface area contributed by atoms with Crippen LogP contribution < -0.4 is 5.32 Å². The Bertz CT molecular complexity index is 830. The van der Waals surface area contributed by atoms with Gasteiger partial charge in [0.25, 0.3) is 0 Å². The molecule has 5 nitrogen and oxygen atoms in total. The molecule has 2 aromatic rings. The summed E-state index contributed by atoms with van der Waals surface area (Å²) in [7, 11) is 1.30. The molecule has 1 saturated carbocycles. The van der Waals surface area contributed by atoms with Gasteiger partial charge < -0.3 is 10.1 Å². The maximum atomic E-state index is 12.5. The quantitative estimate of drug-likeness (QED) is 0.839. The first-order chi connectivity index (χ1) is 12.6. The first-order valence-corrected chi connectivity index (χ1v) is 8.93. The highest BCUT2D eigenvalue weighted by Crippen LogP contribution is 2.25. The van der Waals surface area contributed by atoms with Crippen molar-refractivity contribution in [3.8, 4) is 0 Å². The minimum Gasteiger partial charge on any atom is -0.467 e. The van der Waals surface area contributed by atoms with E-state index in [0.29, 0.717) is 12.8 Å². The van der Waals surface area contributed by atoms with Crippen LogP contribution in [-0.2, 0) is 25.5 Å². The van der Waals surface area contributed by atoms with E-state index in [4.69, 9.17) is 4.74 Å². The highest BCUT2D eigenvalue weighted by molar-refractivity contribution is 5.88. The maximum absolute atomic E-state index is 12.5. The van der Waals surface area contributed by atoms with E-state index in [2.05, 4.69) is 5.32 Å². The molecule has 0 heterocycles. The van der Waals surface area contributed by atoms with Crippen LogP contribution in [0.25, 0.3) is 10.8 Å². The van der Waals surface area contributed by atoms with Crippen LogP contribution in [-0.4, -0.2) is 30.8 Å². The third-order valence-corrected chi connectivity index (χ3v) is 4.94. The van der Waals surface area contributed by atoms with Gasteiger partial charge in [0.1, 0.15) is 11.8 Å². The number of esters is 1. The lowest BCUT2D eigenvalue weighted by molar-refractivity contribution is -0.147. The van der Waals surface area contributed by atoms with E-state index in [-0.39, 0.29) is 24.0 Å². The van der Waals surface area contributed by atoms with Gasteiger partial charge in [-0.25, -0.2) is 4.79 Å². The molecule has 1 aliphatic carbocycles. The number of benzene rings is 2. The van der Waals surface area contributed by atoms with Crippen molar-refractivity contribution in [2.75, 3.05) is 7.11 Å². The fraction of sp³-hybridized carbons (Fsp3) is 0.381. The third kappa shape index (κ3) is 4.28. The van der Waals surface area contributed by atoms with Gasteiger partial charge in [0.05, 0.1) is 13.5 Å². The maximum Gasteiger partial charge on any atom is 0.328 e. The lowest BCUT2D eigenvalue weighted by Gasteiger charge is -2.28. The van der Waals surface area contributed by atoms with Gasteiger partial charge in [-0.05, 0) is 35.1 Å². The largest absolute Gasteiger partial charge is 0.467 e. The number of Topliss-reactive ketones (excluding diaryl/α,β-unsaturated/α-hetero) is 1. The van der Waals surface area contributed by atoms with E-state index in [9.17, 15) is 14.4 Å². The number of nitrogens with one attached hydrogen (secondary N) is 1. The molecule has 5 heteroatoms. The second kappa shape index (κ2) is 8.13. The Kier molecular flexibility index (Phi) is 5.66. The second-order valence-corrected chi connectivity index (χ2v) is 6.82. The van der Waals surface area contributed by atoms with Crippen LogP contribution in [0.15, 0.2) is 42.5 Å². The van der Waals surface area contributed by atoms with Crippen LogP contribution in [0, 0.1) is 5.92 Å². The van der Waals surface area contributed by atoms with E-state index in [1.807, 2.05) is 42.5 Å². The van der Waals surface area contributed by atoms with E-state index in [1.54, 1.807) is 0 Å². The van der Waals surface area contributed by atoms with Crippen LogP contribution in [0.5, 0.6) is 0 Å². The van der Waals surface area contributed by atoms with Crippen molar-refractivity contribution in [2.45, 2.75) is 38.1 Å². The first kappa shape index (κ1) is 18.1. The number of methoxy groups -OCH3 is 1. The molecule has 0 saturated heterocycles. The van der Waals surface area contributed by atoms with E-state index < -0.39 is 12.0 Å². The molecule has 2 aromatic carbocycles. The zero-order valence-corrected chi connectivity index (χ0v) is 14.9. The van der Waals surface area contributed by atoms with Crippen LogP contribution in [0.2, 0.25) is 0 Å². The highest BCUT2D eigenvalue weighted by Gasteiger charge is 2.34. The Balaban J connectivity index is 1.70. The zero-order chi connectivity index (χ0) is 18.5. The Morgan fingerprint density at radius 2 is 1.96 bits per heavy atom. The summed E-state index contributed by atoms with van der Waals surface area (Å²) in [5, 5.41) is 4.97. The van der Waals surface area contributed by atoms with Crippen molar-refractivity contribution >= 4 is 28.4 Å². The van der Waals surface area contributed by atoms with Crippen molar-refractivity contribution < 1.29 is 19.1 Å². The third-order valence-electron chi connectivity index (χ3n) is 4.94. The van der Waals surface area contributed by atoms with Crippen LogP contribution in [0.4, 0.5) is 0 Å². The molecular formula is C21H23NO4. The molecule has 26 heavy (non-hydrogen) atoms. The summed E-state index contributed by atoms with van der Waals surface area (Å²) in [6.07, 6.45) is 2.53. The molecular weight excluding hydrogens is 330 g/mol. The molecule has 0 unspecified atom stereocenters. The number of fused-ring (bicyclic) bond motifs is 1. The zero-order valence-electron chi connectivity index (χ0n) is 14.9. The highest BCUT2D eigenvalue weighted by atomic mass is 16.5. The average molecular weight is 353 g/mol. The molecule has 2 atom stereocenters. The number of ether oxygens (including phenoxy) is 1. The molecule has 1 N–H and O–H groups in total. The monoisotopic (exact) mass is 353 g/mol. The van der Waals surface area contributed by atoms with Crippen molar-refractivity contribution in [3.63, 3.8) is 0 Å². The van der Waals surface area contributed by atoms with Gasteiger partial charge in [-0.15, -0.1) is 0 Å². The number of hydrogen-bond acceptors (Lipinski definition) is 4. The molecule has 1 amide bonds. The Morgan fingerprint density at radius 1 is 1.19 bits per heavy atom. The molecule has 136 valence electrons. The number of rotatable bonds is 5. The van der Waals surface area contributed by atoms with E-state index in [1.165, 1.54) is 7.11 Å². The van der Waals surface area contributed by atoms with Gasteiger partial charge in [-0.2, -0.15) is 0 Å². The van der Waals surface area contributed by atoms with Gasteiger partial charge in [0, 0.05) is 12.8 Å². The van der Waals surface area contributed by atoms with Crippen LogP contribution >= 0.6 is 0 Å². The van der Waals surface area contributed by atoms with Gasteiger partial charge in [0.2, 0.25) is 5.91 Å². The van der Waals surface area contributed by atoms with Crippen molar-refractivity contribution in [1.29, 1.82) is 0 Å². The summed E-state index contributed by atoms with van der Waals surface area (Å²) in [6, 6.07) is 13.1. The van der Waals surface area contributed by atoms with E-state index in [0.717, 1.165) is 29.2 Å². The van der Waals surface area contributed by atoms with Gasteiger partial charge in [0.15, 0.2) is 0 Å². The SMILES string of the molecule is COC(=O)[C@H](NC(=O)Cc1ccc2ccccc2c1)[C@@H]1CCCC(=O)C1. The molecule has 0 spiro atoms. The normalized spacial score (nSPS) is 18.3. The smallest absolute Gasteiger partial charge is 0.328 e. The van der Waals surface area contributed by atoms with Gasteiger partial charge >= 0.3 is 5.97 Å². The second-order valence-electron chi connectivity index (χ2n) is 6.82. The first-order valence-electron chi connectivity index (χ1n) is 8.93. The topological polar surface area (TPSA) is 72.5 Å². The van der Waals surface area contributed by atoms with Crippen molar-refractivity contribution in [3.05, 3.63) is 48.0 Å². The standard InChI is InChI=1S/C21H23NO4/c1-26-21(25)20(17-7-4-8-18(23)13-17)22-19(24)12-14-9-10-15-5-2-3-6-16(15)11-14/h2-3,5-6,9-11,17,20H,4,7-8,12-13H2,1H3,(H,22,24)/t17-,20-/m1/s1. The van der Waals surface area contributed by atoms with E-state index >= 15 is 0 Å². The summed E-state index contributed by atoms with van der Waals surface area (Å²) in [5.41, 5.74) is 0.879. The number of carbonyl (C=O) groups is 3. The predicted octanol–water partition coefficient (Wildman–Crippen LogP) is 2.80. The summed E-state index contributed by atoms with van der Waals surface area (Å²) in [4.78, 5) is 36.4. The molecule has 1 fully saturated rings. The molecule has 3 rings (SSSR count). The van der Waals surface area contributed by atoms with Crippen LogP contribution in [0.1, 0.15) is 31.2 Å². The van der Waals surface area contributed by atoms with Crippen molar-refractivity contribution in [2.24, 2.45) is 5.92 Å². The number of carbonyl (C=O) groups excluding carboxylic acids is 3. The number of ketones is 1. The minimum absolute atomic E-state index is 0.138. The molecule has 0 bridgehead atoms. The van der Waals surface area contributed by atoms with Crippen molar-refractivity contribution in [1.82, 2.24) is 5.32 Å². The molecule has 0 radical (unpaired) electrons. The molecule has 0 aromatic heterocycles. The Morgan fingerprint density at radius 3 is 2.69 bits per heavy atom. The fourth-order valence-electron chi connectivity index (χ4n) is 3.60. The summed E-state index contributed by atoms with van der Waals surface area (Å²) < 4.78 is 4.84. The number of amides is 1. The number of hydrogen-bond donors (Lipinski definition) is 1. The minimum atomic E-state index is -0.766. The Hall–Kier alpha value is -2.69. The molecule has 0 aliphatic heterocycles. The van der Waals surface area contributed by atoms with Crippen LogP contribution in [0.3, 0.4) is 0 Å². The lowest BCUT2D eigenvalue weighted by atomic mass is 9.83. The Labute approximate surface area is 152 Å². The molecule has 1 aliphatic rings. The average Bonchev–Trinajstić information content (AvgIpc) is 2.65. The van der Waals surface area contributed by atoms with Gasteiger partial charge in [-0.1, -0.05) is 42.5 Å². The summed E-state index contributed by atoms with van der Waals surface area (Å²) in [6.45, 7) is 0.